The molecule has 17 heavy (non-hydrogen) atoms. The number of ether oxygens (including phenoxy) is 1. The summed E-state index contributed by atoms with van der Waals surface area (Å²) in [6.07, 6.45) is 0. The SMILES string of the molecule is COC(=O)c1cc(=O)c2[nH]c(=O)[nH]c(=O)c2[nH]1. The van der Waals surface area contributed by atoms with Gasteiger partial charge >= 0.3 is 11.7 Å². The van der Waals surface area contributed by atoms with Crippen LogP contribution in [0.4, 0.5) is 0 Å². The van der Waals surface area contributed by atoms with Crippen LogP contribution >= 0.6 is 0 Å². The predicted octanol–water partition coefficient (Wildman–Crippen LogP) is -1.31. The van der Waals surface area contributed by atoms with Gasteiger partial charge in [-0.15, -0.1) is 0 Å². The van der Waals surface area contributed by atoms with E-state index in [1.165, 1.54) is 0 Å². The van der Waals surface area contributed by atoms with Gasteiger partial charge in [-0.25, -0.2) is 9.59 Å². The van der Waals surface area contributed by atoms with Crippen LogP contribution in [0.2, 0.25) is 0 Å². The van der Waals surface area contributed by atoms with Crippen molar-refractivity contribution in [1.29, 1.82) is 0 Å². The molecule has 2 aromatic rings. The third-order valence-electron chi connectivity index (χ3n) is 2.13. The van der Waals surface area contributed by atoms with Gasteiger partial charge in [-0.05, 0) is 0 Å². The van der Waals surface area contributed by atoms with Crippen LogP contribution in [0.3, 0.4) is 0 Å². The maximum atomic E-state index is 11.6. The second kappa shape index (κ2) is 3.74. The number of nitrogens with one attached hydrogen (secondary N) is 3. The number of aromatic nitrogens is 3. The molecule has 3 N–H and O–H groups in total. The number of methoxy groups -OCH3 is 1. The van der Waals surface area contributed by atoms with Crippen molar-refractivity contribution in [2.45, 2.75) is 0 Å². The van der Waals surface area contributed by atoms with Gasteiger partial charge in [-0.1, -0.05) is 0 Å². The highest BCUT2D eigenvalue weighted by atomic mass is 16.5. The Morgan fingerprint density at radius 2 is 1.82 bits per heavy atom. The second-order valence-corrected chi connectivity index (χ2v) is 3.20. The molecule has 8 heteroatoms. The minimum absolute atomic E-state index is 0.164. The molecule has 0 atom stereocenters. The molecule has 0 unspecified atom stereocenters. The largest absolute Gasteiger partial charge is 0.464 e. The van der Waals surface area contributed by atoms with Crippen molar-refractivity contribution in [1.82, 2.24) is 15.0 Å². The highest BCUT2D eigenvalue weighted by Gasteiger charge is 2.12. The fourth-order valence-electron chi connectivity index (χ4n) is 1.38. The summed E-state index contributed by atoms with van der Waals surface area (Å²) in [6, 6.07) is 0.948. The molecule has 0 saturated heterocycles. The van der Waals surface area contributed by atoms with Crippen LogP contribution in [0.15, 0.2) is 20.4 Å². The lowest BCUT2D eigenvalue weighted by atomic mass is 10.3. The Balaban J connectivity index is 2.92. The summed E-state index contributed by atoms with van der Waals surface area (Å²) >= 11 is 0. The molecule has 2 rings (SSSR count). The minimum Gasteiger partial charge on any atom is -0.464 e. The number of hydrogen-bond acceptors (Lipinski definition) is 5. The lowest BCUT2D eigenvalue weighted by Crippen LogP contribution is -2.27. The van der Waals surface area contributed by atoms with Crippen molar-refractivity contribution in [3.05, 3.63) is 42.8 Å². The highest BCUT2D eigenvalue weighted by Crippen LogP contribution is 1.99. The lowest BCUT2D eigenvalue weighted by molar-refractivity contribution is 0.0594. The molecule has 0 spiro atoms. The van der Waals surface area contributed by atoms with E-state index in [4.69, 9.17) is 0 Å². The molecule has 0 saturated carbocycles. The molecule has 2 aromatic heterocycles. The number of fused-ring (bicyclic) bond motifs is 1. The Morgan fingerprint density at radius 3 is 2.47 bits per heavy atom. The quantitative estimate of drug-likeness (QED) is 0.531. The molecule has 0 aromatic carbocycles. The first kappa shape index (κ1) is 10.9. The van der Waals surface area contributed by atoms with Crippen LogP contribution in [0, 0.1) is 0 Å². The number of carbonyl (C=O) groups excluding carboxylic acids is 1. The number of esters is 1. The van der Waals surface area contributed by atoms with Crippen molar-refractivity contribution in [2.24, 2.45) is 0 Å². The molecule has 0 aliphatic heterocycles. The maximum absolute atomic E-state index is 11.6. The van der Waals surface area contributed by atoms with E-state index < -0.39 is 22.6 Å². The van der Waals surface area contributed by atoms with E-state index in [1.54, 1.807) is 0 Å². The van der Waals surface area contributed by atoms with Gasteiger partial charge in [-0.2, -0.15) is 0 Å². The van der Waals surface area contributed by atoms with E-state index in [1.807, 2.05) is 4.98 Å². The molecule has 0 aliphatic carbocycles. The van der Waals surface area contributed by atoms with Crippen LogP contribution in [-0.2, 0) is 4.74 Å². The molecule has 0 fully saturated rings. The monoisotopic (exact) mass is 237 g/mol. The minimum atomic E-state index is -0.793. The van der Waals surface area contributed by atoms with Gasteiger partial charge in [0.1, 0.15) is 16.7 Å². The summed E-state index contributed by atoms with van der Waals surface area (Å²) in [5.41, 5.74) is -2.76. The van der Waals surface area contributed by atoms with Crippen molar-refractivity contribution in [3.8, 4) is 0 Å². The first-order valence-electron chi connectivity index (χ1n) is 4.51. The number of rotatable bonds is 1. The molecule has 0 radical (unpaired) electrons. The molecule has 2 heterocycles. The van der Waals surface area contributed by atoms with Gasteiger partial charge in [-0.3, -0.25) is 14.6 Å². The van der Waals surface area contributed by atoms with E-state index in [9.17, 15) is 19.2 Å². The summed E-state index contributed by atoms with van der Waals surface area (Å²) in [6.45, 7) is 0. The standard InChI is InChI=1S/C9H7N3O5/c1-17-8(15)3-2-4(13)5-6(10-3)7(14)12-9(16)11-5/h2H,1H3,(H,10,13)(H2,11,12,14,16). The van der Waals surface area contributed by atoms with Crippen molar-refractivity contribution < 1.29 is 9.53 Å². The second-order valence-electron chi connectivity index (χ2n) is 3.20. The zero-order chi connectivity index (χ0) is 12.6. The number of hydrogen-bond donors (Lipinski definition) is 3. The molecule has 8 nitrogen and oxygen atoms in total. The van der Waals surface area contributed by atoms with Crippen LogP contribution in [0.5, 0.6) is 0 Å². The Labute approximate surface area is 92.3 Å². The lowest BCUT2D eigenvalue weighted by Gasteiger charge is -2.01. The van der Waals surface area contributed by atoms with Gasteiger partial charge in [0.15, 0.2) is 0 Å². The smallest absolute Gasteiger partial charge is 0.354 e. The average molecular weight is 237 g/mol. The van der Waals surface area contributed by atoms with Gasteiger partial charge in [0.05, 0.1) is 7.11 Å². The summed E-state index contributed by atoms with van der Waals surface area (Å²) in [5, 5.41) is 0. The maximum Gasteiger partial charge on any atom is 0.354 e. The van der Waals surface area contributed by atoms with Crippen molar-refractivity contribution in [3.63, 3.8) is 0 Å². The summed E-state index contributed by atoms with van der Waals surface area (Å²) in [4.78, 5) is 51.7. The van der Waals surface area contributed by atoms with Gasteiger partial charge < -0.3 is 14.7 Å². The number of aromatic amines is 3. The van der Waals surface area contributed by atoms with E-state index in [0.717, 1.165) is 13.2 Å². The molecular formula is C9H7N3O5. The first-order chi connectivity index (χ1) is 8.02. The Morgan fingerprint density at radius 1 is 1.12 bits per heavy atom. The molecule has 0 aliphatic rings. The Hall–Kier alpha value is -2.64. The number of pyridine rings is 1. The Kier molecular flexibility index (Phi) is 2.39. The third kappa shape index (κ3) is 1.75. The van der Waals surface area contributed by atoms with Crippen LogP contribution in [0.1, 0.15) is 10.5 Å². The Bertz CT molecular complexity index is 767. The molecule has 0 bridgehead atoms. The zero-order valence-corrected chi connectivity index (χ0v) is 8.62. The topological polar surface area (TPSA) is 125 Å². The van der Waals surface area contributed by atoms with Crippen LogP contribution in [-0.4, -0.2) is 28.0 Å². The number of carbonyl (C=O) groups is 1. The summed E-state index contributed by atoms with van der Waals surface area (Å²) in [5.74, 6) is -0.783. The first-order valence-corrected chi connectivity index (χ1v) is 4.51. The summed E-state index contributed by atoms with van der Waals surface area (Å²) < 4.78 is 4.41. The fourth-order valence-corrected chi connectivity index (χ4v) is 1.38. The average Bonchev–Trinajstić information content (AvgIpc) is 2.29. The van der Waals surface area contributed by atoms with E-state index in [-0.39, 0.29) is 16.7 Å². The molecule has 0 amide bonds. The third-order valence-corrected chi connectivity index (χ3v) is 2.13. The van der Waals surface area contributed by atoms with Gasteiger partial charge in [0.2, 0.25) is 5.43 Å². The number of H-pyrrole nitrogens is 3. The predicted molar refractivity (Wildman–Crippen MR) is 57.1 cm³/mol. The zero-order valence-electron chi connectivity index (χ0n) is 8.62. The van der Waals surface area contributed by atoms with E-state index in [0.29, 0.717) is 0 Å². The fraction of sp³-hybridized carbons (Fsp3) is 0.111. The van der Waals surface area contributed by atoms with Gasteiger partial charge in [0.25, 0.3) is 5.56 Å². The normalized spacial score (nSPS) is 10.4. The van der Waals surface area contributed by atoms with E-state index in [2.05, 4.69) is 14.7 Å². The van der Waals surface area contributed by atoms with E-state index >= 15 is 0 Å². The van der Waals surface area contributed by atoms with Gasteiger partial charge in [0, 0.05) is 6.07 Å². The molecular weight excluding hydrogens is 230 g/mol. The van der Waals surface area contributed by atoms with Crippen LogP contribution < -0.4 is 16.7 Å². The highest BCUT2D eigenvalue weighted by molar-refractivity contribution is 5.89. The van der Waals surface area contributed by atoms with Crippen molar-refractivity contribution >= 4 is 17.0 Å². The molecule has 88 valence electrons. The van der Waals surface area contributed by atoms with Crippen LogP contribution in [0.25, 0.3) is 11.0 Å². The van der Waals surface area contributed by atoms with Crippen molar-refractivity contribution in [2.75, 3.05) is 7.11 Å². The summed E-state index contributed by atoms with van der Waals surface area (Å²) in [7, 11) is 1.14.